The molecule has 1 fully saturated rings. The van der Waals surface area contributed by atoms with Crippen LogP contribution >= 0.6 is 24.0 Å². The molecule has 8 heteroatoms. The lowest BCUT2D eigenvalue weighted by molar-refractivity contribution is -0.116. The maximum Gasteiger partial charge on any atom is 0.225 e. The molecule has 2 aliphatic rings. The number of halogens is 1. The van der Waals surface area contributed by atoms with Crippen molar-refractivity contribution < 1.29 is 14.3 Å². The molecule has 3 N–H and O–H groups in total. The van der Waals surface area contributed by atoms with Crippen LogP contribution in [-0.4, -0.2) is 38.7 Å². The minimum atomic E-state index is 0. The number of hydrogen-bond donors (Lipinski definition) is 3. The lowest BCUT2D eigenvalue weighted by Gasteiger charge is -2.26. The molecule has 4 rings (SSSR count). The van der Waals surface area contributed by atoms with Crippen LogP contribution in [0.3, 0.4) is 0 Å². The van der Waals surface area contributed by atoms with E-state index < -0.39 is 0 Å². The van der Waals surface area contributed by atoms with E-state index in [1.807, 2.05) is 36.4 Å². The minimum Gasteiger partial charge on any atom is -0.493 e. The third kappa shape index (κ3) is 6.52. The van der Waals surface area contributed by atoms with E-state index in [2.05, 4.69) is 27.0 Å². The summed E-state index contributed by atoms with van der Waals surface area (Å²) in [5.74, 6) is 2.41. The van der Waals surface area contributed by atoms with Gasteiger partial charge in [0, 0.05) is 38.2 Å². The number of nitrogens with zero attached hydrogens (tertiary/aromatic N) is 1. The Hall–Kier alpha value is -2.49. The number of amides is 1. The third-order valence-electron chi connectivity index (χ3n) is 6.13. The first-order valence-corrected chi connectivity index (χ1v) is 11.3. The van der Waals surface area contributed by atoms with Crippen LogP contribution in [-0.2, 0) is 11.3 Å². The highest BCUT2D eigenvalue weighted by Gasteiger charge is 2.24. The normalized spacial score (nSPS) is 18.1. The molecule has 178 valence electrons. The van der Waals surface area contributed by atoms with Gasteiger partial charge in [-0.25, -0.2) is 0 Å². The molecule has 0 radical (unpaired) electrons. The molecule has 7 nitrogen and oxygen atoms in total. The summed E-state index contributed by atoms with van der Waals surface area (Å²) >= 11 is 0. The Kier molecular flexibility index (Phi) is 9.22. The summed E-state index contributed by atoms with van der Waals surface area (Å²) in [7, 11) is 3.42. The third-order valence-corrected chi connectivity index (χ3v) is 6.13. The molecular formula is C25H33IN4O3. The van der Waals surface area contributed by atoms with Crippen LogP contribution in [0, 0.1) is 0 Å². The highest BCUT2D eigenvalue weighted by atomic mass is 127. The van der Waals surface area contributed by atoms with E-state index in [0.717, 1.165) is 41.2 Å². The van der Waals surface area contributed by atoms with E-state index >= 15 is 0 Å². The molecule has 0 saturated heterocycles. The molecule has 2 aromatic rings. The second-order valence-corrected chi connectivity index (χ2v) is 8.35. The standard InChI is InChI=1S/C25H32N4O3.HI/c1-26-25(28-16-18-14-24(30)29-21-10-6-5-9-20(18)21)27-15-17-11-12-22(31-2)23(13-17)32-19-7-3-4-8-19;/h5-6,9-13,18-19H,3-4,7-8,14-16H2,1-2H3,(H,29,30)(H2,26,27,28);1H. The highest BCUT2D eigenvalue weighted by Crippen LogP contribution is 2.33. The summed E-state index contributed by atoms with van der Waals surface area (Å²) in [6.07, 6.45) is 5.39. The average molecular weight is 564 g/mol. The molecule has 2 aromatic carbocycles. The van der Waals surface area contributed by atoms with E-state index in [1.54, 1.807) is 14.2 Å². The number of anilines is 1. The van der Waals surface area contributed by atoms with Crippen molar-refractivity contribution in [1.82, 2.24) is 10.6 Å². The van der Waals surface area contributed by atoms with Gasteiger partial charge in [0.2, 0.25) is 5.91 Å². The Bertz CT molecular complexity index is 976. The zero-order valence-electron chi connectivity index (χ0n) is 19.2. The molecule has 1 aliphatic heterocycles. The number of carbonyl (C=O) groups excluding carboxylic acids is 1. The molecule has 1 aliphatic carbocycles. The Morgan fingerprint density at radius 1 is 1.12 bits per heavy atom. The summed E-state index contributed by atoms with van der Waals surface area (Å²) < 4.78 is 11.7. The fourth-order valence-electron chi connectivity index (χ4n) is 4.42. The van der Waals surface area contributed by atoms with Crippen molar-refractivity contribution in [2.45, 2.75) is 50.7 Å². The first kappa shape index (κ1) is 25.1. The van der Waals surface area contributed by atoms with Crippen LogP contribution in [0.15, 0.2) is 47.5 Å². The molecular weight excluding hydrogens is 531 g/mol. The largest absolute Gasteiger partial charge is 0.493 e. The van der Waals surface area contributed by atoms with Crippen LogP contribution in [0.1, 0.15) is 49.1 Å². The highest BCUT2D eigenvalue weighted by molar-refractivity contribution is 14.0. The van der Waals surface area contributed by atoms with E-state index in [0.29, 0.717) is 25.5 Å². The number of ether oxygens (including phenoxy) is 2. The van der Waals surface area contributed by atoms with Gasteiger partial charge in [-0.15, -0.1) is 24.0 Å². The van der Waals surface area contributed by atoms with Crippen molar-refractivity contribution in [3.05, 3.63) is 53.6 Å². The number of methoxy groups -OCH3 is 1. The fraction of sp³-hybridized carbons (Fsp3) is 0.440. The molecule has 1 heterocycles. The van der Waals surface area contributed by atoms with E-state index in [-0.39, 0.29) is 41.9 Å². The molecule has 33 heavy (non-hydrogen) atoms. The maximum absolute atomic E-state index is 12.1. The van der Waals surface area contributed by atoms with Gasteiger partial charge in [0.1, 0.15) is 0 Å². The number of benzene rings is 2. The minimum absolute atomic E-state index is 0. The van der Waals surface area contributed by atoms with Gasteiger partial charge in [0.25, 0.3) is 0 Å². The van der Waals surface area contributed by atoms with E-state index in [4.69, 9.17) is 9.47 Å². The van der Waals surface area contributed by atoms with Gasteiger partial charge in [0.05, 0.1) is 13.2 Å². The number of fused-ring (bicyclic) bond motifs is 1. The second kappa shape index (κ2) is 12.1. The molecule has 1 amide bonds. The van der Waals surface area contributed by atoms with Crippen molar-refractivity contribution in [3.63, 3.8) is 0 Å². The summed E-state index contributed by atoms with van der Waals surface area (Å²) in [6.45, 7) is 1.23. The summed E-state index contributed by atoms with van der Waals surface area (Å²) in [4.78, 5) is 16.4. The van der Waals surface area contributed by atoms with Crippen LogP contribution in [0.25, 0.3) is 0 Å². The predicted octanol–water partition coefficient (Wildman–Crippen LogP) is 4.43. The number of hydrogen-bond acceptors (Lipinski definition) is 4. The molecule has 0 aromatic heterocycles. The predicted molar refractivity (Wildman–Crippen MR) is 142 cm³/mol. The van der Waals surface area contributed by atoms with Crippen LogP contribution in [0.4, 0.5) is 5.69 Å². The smallest absolute Gasteiger partial charge is 0.225 e. The molecule has 1 atom stereocenters. The van der Waals surface area contributed by atoms with Gasteiger partial charge in [-0.3, -0.25) is 9.79 Å². The van der Waals surface area contributed by atoms with Gasteiger partial charge in [-0.2, -0.15) is 0 Å². The number of carbonyl (C=O) groups is 1. The number of rotatable bonds is 7. The second-order valence-electron chi connectivity index (χ2n) is 8.35. The molecule has 0 bridgehead atoms. The Morgan fingerprint density at radius 3 is 2.67 bits per heavy atom. The summed E-state index contributed by atoms with van der Waals surface area (Å²) in [6, 6.07) is 14.0. The van der Waals surface area contributed by atoms with E-state index in [1.165, 1.54) is 12.8 Å². The lowest BCUT2D eigenvalue weighted by Crippen LogP contribution is -2.40. The Labute approximate surface area is 212 Å². The molecule has 1 saturated carbocycles. The topological polar surface area (TPSA) is 84.0 Å². The van der Waals surface area contributed by atoms with Crippen molar-refractivity contribution in [2.75, 3.05) is 26.0 Å². The fourth-order valence-corrected chi connectivity index (χ4v) is 4.42. The maximum atomic E-state index is 12.1. The number of para-hydroxylation sites is 1. The lowest BCUT2D eigenvalue weighted by atomic mass is 9.90. The van der Waals surface area contributed by atoms with Crippen molar-refractivity contribution in [3.8, 4) is 11.5 Å². The zero-order valence-corrected chi connectivity index (χ0v) is 21.6. The van der Waals surface area contributed by atoms with Crippen molar-refractivity contribution in [2.24, 2.45) is 4.99 Å². The zero-order chi connectivity index (χ0) is 22.3. The molecule has 0 spiro atoms. The summed E-state index contributed by atoms with van der Waals surface area (Å²) in [5.41, 5.74) is 3.13. The van der Waals surface area contributed by atoms with Crippen LogP contribution in [0.5, 0.6) is 11.5 Å². The van der Waals surface area contributed by atoms with Gasteiger partial charge < -0.3 is 25.4 Å². The number of aliphatic imine (C=N–C) groups is 1. The van der Waals surface area contributed by atoms with Gasteiger partial charge in [-0.05, 0) is 55.0 Å². The number of guanidine groups is 1. The van der Waals surface area contributed by atoms with Gasteiger partial charge in [-0.1, -0.05) is 24.3 Å². The summed E-state index contributed by atoms with van der Waals surface area (Å²) in [5, 5.41) is 9.67. The van der Waals surface area contributed by atoms with Crippen LogP contribution in [0.2, 0.25) is 0 Å². The first-order valence-electron chi connectivity index (χ1n) is 11.3. The quantitative estimate of drug-likeness (QED) is 0.264. The Balaban J connectivity index is 0.00000306. The number of nitrogens with one attached hydrogen (secondary N) is 3. The molecule has 1 unspecified atom stereocenters. The Morgan fingerprint density at radius 2 is 1.91 bits per heavy atom. The van der Waals surface area contributed by atoms with Crippen molar-refractivity contribution in [1.29, 1.82) is 0 Å². The van der Waals surface area contributed by atoms with Gasteiger partial charge >= 0.3 is 0 Å². The average Bonchev–Trinajstić information content (AvgIpc) is 3.32. The van der Waals surface area contributed by atoms with Crippen LogP contribution < -0.4 is 25.4 Å². The first-order chi connectivity index (χ1) is 15.7. The SMILES string of the molecule is CN=C(NCc1ccc(OC)c(OC2CCCC2)c1)NCC1CC(=O)Nc2ccccc21.I. The van der Waals surface area contributed by atoms with Crippen molar-refractivity contribution >= 4 is 41.5 Å². The van der Waals surface area contributed by atoms with Gasteiger partial charge in [0.15, 0.2) is 17.5 Å². The monoisotopic (exact) mass is 564 g/mol. The van der Waals surface area contributed by atoms with E-state index in [9.17, 15) is 4.79 Å².